The molecule has 2 rings (SSSR count). The van der Waals surface area contributed by atoms with E-state index in [0.717, 1.165) is 5.56 Å². The number of rotatable bonds is 4. The minimum atomic E-state index is -0.165. The van der Waals surface area contributed by atoms with Crippen LogP contribution in [0.3, 0.4) is 0 Å². The van der Waals surface area contributed by atoms with Crippen LogP contribution in [0.5, 0.6) is 0 Å². The predicted octanol–water partition coefficient (Wildman–Crippen LogP) is 3.62. The molecular weight excluding hydrogens is 236 g/mol. The summed E-state index contributed by atoms with van der Waals surface area (Å²) in [5.74, 6) is -0.324. The van der Waals surface area contributed by atoms with Crippen molar-refractivity contribution in [1.82, 2.24) is 0 Å². The molecule has 0 aliphatic carbocycles. The summed E-state index contributed by atoms with van der Waals surface area (Å²) in [5, 5.41) is 0. The van der Waals surface area contributed by atoms with E-state index in [2.05, 4.69) is 0 Å². The first kappa shape index (κ1) is 13.0. The van der Waals surface area contributed by atoms with Crippen LogP contribution in [0.15, 0.2) is 66.7 Å². The normalized spacial score (nSPS) is 10.6. The highest BCUT2D eigenvalue weighted by molar-refractivity contribution is 6.11. The number of carbonyl (C=O) groups is 2. The van der Waals surface area contributed by atoms with E-state index in [4.69, 9.17) is 0 Å². The largest absolute Gasteiger partial charge is 0.289 e. The summed E-state index contributed by atoms with van der Waals surface area (Å²) in [6.07, 6.45) is 2.64. The molecule has 0 spiro atoms. The number of carbonyl (C=O) groups excluding carboxylic acids is 2. The molecule has 2 aromatic carbocycles. The molecule has 19 heavy (non-hydrogen) atoms. The molecule has 0 amide bonds. The molecule has 0 aliphatic heterocycles. The Bertz CT molecular complexity index is 625. The van der Waals surface area contributed by atoms with Crippen molar-refractivity contribution in [2.24, 2.45) is 0 Å². The molecular formula is C17H14O2. The first-order chi connectivity index (χ1) is 9.16. The van der Waals surface area contributed by atoms with Gasteiger partial charge < -0.3 is 0 Å². The number of hydrogen-bond donors (Lipinski definition) is 0. The van der Waals surface area contributed by atoms with E-state index in [1.54, 1.807) is 36.4 Å². The standard InChI is InChI=1S/C17H14O2/c1-13-6-5-9-15(12-13)17(19)11-10-16(18)14-7-3-2-4-8-14/h2-12H,1H3. The van der Waals surface area contributed by atoms with Crippen LogP contribution < -0.4 is 0 Å². The second-order valence-electron chi connectivity index (χ2n) is 4.30. The van der Waals surface area contributed by atoms with Crippen LogP contribution in [0, 0.1) is 6.92 Å². The third-order valence-electron chi connectivity index (χ3n) is 2.75. The van der Waals surface area contributed by atoms with Gasteiger partial charge in [-0.05, 0) is 25.1 Å². The second kappa shape index (κ2) is 5.91. The fourth-order valence-corrected chi connectivity index (χ4v) is 1.74. The van der Waals surface area contributed by atoms with Crippen LogP contribution in [0.1, 0.15) is 26.3 Å². The summed E-state index contributed by atoms with van der Waals surface area (Å²) in [6, 6.07) is 16.2. The maximum absolute atomic E-state index is 11.9. The average Bonchev–Trinajstić information content (AvgIpc) is 2.45. The molecule has 0 saturated heterocycles. The van der Waals surface area contributed by atoms with Crippen LogP contribution in [-0.2, 0) is 0 Å². The van der Waals surface area contributed by atoms with E-state index in [1.807, 2.05) is 25.1 Å². The van der Waals surface area contributed by atoms with Crippen molar-refractivity contribution in [3.63, 3.8) is 0 Å². The minimum absolute atomic E-state index is 0.159. The zero-order chi connectivity index (χ0) is 13.7. The lowest BCUT2D eigenvalue weighted by atomic mass is 10.1. The maximum Gasteiger partial charge on any atom is 0.185 e. The highest BCUT2D eigenvalue weighted by Crippen LogP contribution is 2.06. The lowest BCUT2D eigenvalue weighted by Gasteiger charge is -1.97. The Labute approximate surface area is 112 Å². The third-order valence-corrected chi connectivity index (χ3v) is 2.75. The summed E-state index contributed by atoms with van der Waals surface area (Å²) in [6.45, 7) is 1.93. The number of hydrogen-bond acceptors (Lipinski definition) is 2. The van der Waals surface area contributed by atoms with Crippen molar-refractivity contribution in [2.75, 3.05) is 0 Å². The van der Waals surface area contributed by atoms with Gasteiger partial charge in [0.1, 0.15) is 0 Å². The fraction of sp³-hybridized carbons (Fsp3) is 0.0588. The number of aryl methyl sites for hydroxylation is 1. The molecule has 2 aromatic rings. The highest BCUT2D eigenvalue weighted by atomic mass is 16.1. The zero-order valence-corrected chi connectivity index (χ0v) is 10.7. The molecule has 0 atom stereocenters. The molecule has 0 N–H and O–H groups in total. The molecule has 0 saturated carbocycles. The smallest absolute Gasteiger partial charge is 0.185 e. The lowest BCUT2D eigenvalue weighted by molar-refractivity contribution is 0.102. The van der Waals surface area contributed by atoms with Gasteiger partial charge in [0.25, 0.3) is 0 Å². The molecule has 2 heteroatoms. The number of ketones is 2. The van der Waals surface area contributed by atoms with E-state index in [0.29, 0.717) is 11.1 Å². The van der Waals surface area contributed by atoms with Crippen LogP contribution in [0.25, 0.3) is 0 Å². The molecule has 0 aliphatic rings. The molecule has 0 unspecified atom stereocenters. The van der Waals surface area contributed by atoms with Gasteiger partial charge in [-0.1, -0.05) is 54.1 Å². The van der Waals surface area contributed by atoms with Crippen LogP contribution in [0.4, 0.5) is 0 Å². The molecule has 94 valence electrons. The van der Waals surface area contributed by atoms with Gasteiger partial charge in [0.15, 0.2) is 11.6 Å². The Kier molecular flexibility index (Phi) is 4.04. The Morgan fingerprint density at radius 1 is 0.789 bits per heavy atom. The van der Waals surface area contributed by atoms with E-state index in [-0.39, 0.29) is 11.6 Å². The monoisotopic (exact) mass is 250 g/mol. The van der Waals surface area contributed by atoms with Gasteiger partial charge in [-0.15, -0.1) is 0 Å². The van der Waals surface area contributed by atoms with Gasteiger partial charge >= 0.3 is 0 Å². The summed E-state index contributed by atoms with van der Waals surface area (Å²) in [5.41, 5.74) is 2.20. The van der Waals surface area contributed by atoms with Crippen LogP contribution >= 0.6 is 0 Å². The van der Waals surface area contributed by atoms with Crippen molar-refractivity contribution < 1.29 is 9.59 Å². The maximum atomic E-state index is 11.9. The van der Waals surface area contributed by atoms with Gasteiger partial charge in [0.2, 0.25) is 0 Å². The Morgan fingerprint density at radius 3 is 2.00 bits per heavy atom. The summed E-state index contributed by atoms with van der Waals surface area (Å²) in [7, 11) is 0. The van der Waals surface area contributed by atoms with Gasteiger partial charge in [-0.3, -0.25) is 9.59 Å². The fourth-order valence-electron chi connectivity index (χ4n) is 1.74. The van der Waals surface area contributed by atoms with Crippen LogP contribution in [0.2, 0.25) is 0 Å². The second-order valence-corrected chi connectivity index (χ2v) is 4.30. The van der Waals surface area contributed by atoms with Gasteiger partial charge in [-0.25, -0.2) is 0 Å². The SMILES string of the molecule is Cc1cccc(C(=O)C=CC(=O)c2ccccc2)c1. The molecule has 0 heterocycles. The van der Waals surface area contributed by atoms with Crippen molar-refractivity contribution in [3.8, 4) is 0 Å². The third kappa shape index (κ3) is 3.49. The summed E-state index contributed by atoms with van der Waals surface area (Å²) in [4.78, 5) is 23.7. The van der Waals surface area contributed by atoms with E-state index < -0.39 is 0 Å². The Hall–Kier alpha value is -2.48. The molecule has 0 radical (unpaired) electrons. The van der Waals surface area contributed by atoms with Gasteiger partial charge in [0, 0.05) is 11.1 Å². The number of benzene rings is 2. The Balaban J connectivity index is 2.11. The summed E-state index contributed by atoms with van der Waals surface area (Å²) >= 11 is 0. The van der Waals surface area contributed by atoms with Crippen molar-refractivity contribution >= 4 is 11.6 Å². The first-order valence-corrected chi connectivity index (χ1v) is 6.05. The zero-order valence-electron chi connectivity index (χ0n) is 10.7. The van der Waals surface area contributed by atoms with Crippen LogP contribution in [-0.4, -0.2) is 11.6 Å². The average molecular weight is 250 g/mol. The summed E-state index contributed by atoms with van der Waals surface area (Å²) < 4.78 is 0. The van der Waals surface area contributed by atoms with E-state index >= 15 is 0 Å². The van der Waals surface area contributed by atoms with Crippen molar-refractivity contribution in [1.29, 1.82) is 0 Å². The quantitative estimate of drug-likeness (QED) is 0.613. The topological polar surface area (TPSA) is 34.1 Å². The number of allylic oxidation sites excluding steroid dienone is 2. The van der Waals surface area contributed by atoms with Gasteiger partial charge in [0.05, 0.1) is 0 Å². The minimum Gasteiger partial charge on any atom is -0.289 e. The van der Waals surface area contributed by atoms with Crippen molar-refractivity contribution in [2.45, 2.75) is 6.92 Å². The Morgan fingerprint density at radius 2 is 1.37 bits per heavy atom. The van der Waals surface area contributed by atoms with Gasteiger partial charge in [-0.2, -0.15) is 0 Å². The molecule has 2 nitrogen and oxygen atoms in total. The highest BCUT2D eigenvalue weighted by Gasteiger charge is 2.04. The van der Waals surface area contributed by atoms with E-state index in [9.17, 15) is 9.59 Å². The lowest BCUT2D eigenvalue weighted by Crippen LogP contribution is -1.98. The molecule has 0 aromatic heterocycles. The predicted molar refractivity (Wildman–Crippen MR) is 75.4 cm³/mol. The molecule has 0 bridgehead atoms. The molecule has 0 fully saturated rings. The van der Waals surface area contributed by atoms with Crippen molar-refractivity contribution in [3.05, 3.63) is 83.4 Å². The first-order valence-electron chi connectivity index (χ1n) is 6.05. The van der Waals surface area contributed by atoms with E-state index in [1.165, 1.54) is 12.2 Å².